The normalized spacial score (nSPS) is 18.5. The number of halogens is 1. The summed E-state index contributed by atoms with van der Waals surface area (Å²) in [6, 6.07) is 9.78. The van der Waals surface area contributed by atoms with Crippen molar-refractivity contribution in [1.29, 1.82) is 0 Å². The van der Waals surface area contributed by atoms with Gasteiger partial charge in [-0.25, -0.2) is 4.98 Å². The van der Waals surface area contributed by atoms with Gasteiger partial charge in [0.25, 0.3) is 5.56 Å². The molecule has 24 heavy (non-hydrogen) atoms. The molecule has 1 fully saturated rings. The second kappa shape index (κ2) is 6.07. The minimum Gasteiger partial charge on any atom is -0.353 e. The van der Waals surface area contributed by atoms with Crippen LogP contribution >= 0.6 is 11.6 Å². The molecule has 1 unspecified atom stereocenters. The molecule has 0 bridgehead atoms. The van der Waals surface area contributed by atoms with E-state index < -0.39 is 0 Å². The van der Waals surface area contributed by atoms with Crippen LogP contribution in [-0.2, 0) is 13.6 Å². The lowest BCUT2D eigenvalue weighted by Crippen LogP contribution is -2.26. The van der Waals surface area contributed by atoms with Crippen LogP contribution in [0.25, 0.3) is 10.9 Å². The Balaban J connectivity index is 1.66. The maximum Gasteiger partial charge on any atom is 0.258 e. The van der Waals surface area contributed by atoms with Gasteiger partial charge in [-0.2, -0.15) is 0 Å². The molecule has 0 amide bonds. The third-order valence-electron chi connectivity index (χ3n) is 4.76. The molecule has 5 nitrogen and oxygen atoms in total. The fourth-order valence-electron chi connectivity index (χ4n) is 3.60. The monoisotopic (exact) mass is 342 g/mol. The van der Waals surface area contributed by atoms with Crippen LogP contribution in [-0.4, -0.2) is 26.0 Å². The summed E-state index contributed by atoms with van der Waals surface area (Å²) in [4.78, 5) is 22.2. The molecule has 0 radical (unpaired) electrons. The molecule has 6 heteroatoms. The molecule has 0 saturated carbocycles. The van der Waals surface area contributed by atoms with E-state index in [-0.39, 0.29) is 5.56 Å². The quantitative estimate of drug-likeness (QED) is 0.795. The predicted molar refractivity (Wildman–Crippen MR) is 95.2 cm³/mol. The number of aromatic nitrogens is 3. The van der Waals surface area contributed by atoms with Gasteiger partial charge in [-0.1, -0.05) is 11.6 Å². The van der Waals surface area contributed by atoms with E-state index in [1.165, 1.54) is 5.69 Å². The first-order valence-electron chi connectivity index (χ1n) is 8.15. The number of rotatable bonds is 3. The number of nitrogens with one attached hydrogen (secondary N) is 1. The Bertz CT molecular complexity index is 946. The van der Waals surface area contributed by atoms with Crippen molar-refractivity contribution >= 4 is 22.5 Å². The molecule has 0 spiro atoms. The molecular formula is C18H19ClN4O. The Hall–Kier alpha value is -2.11. The van der Waals surface area contributed by atoms with Crippen LogP contribution < -0.4 is 5.56 Å². The van der Waals surface area contributed by atoms with Crippen molar-refractivity contribution in [2.75, 3.05) is 6.54 Å². The first kappa shape index (κ1) is 15.4. The van der Waals surface area contributed by atoms with E-state index in [4.69, 9.17) is 11.6 Å². The Labute approximate surface area is 144 Å². The highest BCUT2D eigenvalue weighted by molar-refractivity contribution is 6.31. The smallest absolute Gasteiger partial charge is 0.258 e. The molecule has 1 aromatic carbocycles. The summed E-state index contributed by atoms with van der Waals surface area (Å²) in [6.07, 6.45) is 4.35. The zero-order valence-electron chi connectivity index (χ0n) is 13.5. The predicted octanol–water partition coefficient (Wildman–Crippen LogP) is 3.25. The number of hydrogen-bond donors (Lipinski definition) is 1. The van der Waals surface area contributed by atoms with Crippen molar-refractivity contribution < 1.29 is 0 Å². The van der Waals surface area contributed by atoms with Crippen LogP contribution in [0.2, 0.25) is 5.02 Å². The van der Waals surface area contributed by atoms with Gasteiger partial charge in [0.05, 0.1) is 23.5 Å². The van der Waals surface area contributed by atoms with Gasteiger partial charge in [0.15, 0.2) is 0 Å². The zero-order valence-corrected chi connectivity index (χ0v) is 14.3. The molecule has 1 aliphatic rings. The minimum absolute atomic E-state index is 0.110. The van der Waals surface area contributed by atoms with Crippen molar-refractivity contribution in [2.45, 2.75) is 25.4 Å². The van der Waals surface area contributed by atoms with E-state index in [1.54, 1.807) is 18.2 Å². The van der Waals surface area contributed by atoms with Gasteiger partial charge in [0.2, 0.25) is 0 Å². The largest absolute Gasteiger partial charge is 0.353 e. The Kier molecular flexibility index (Phi) is 3.90. The summed E-state index contributed by atoms with van der Waals surface area (Å²) < 4.78 is 2.17. The van der Waals surface area contributed by atoms with Crippen LogP contribution in [0.1, 0.15) is 30.4 Å². The summed E-state index contributed by atoms with van der Waals surface area (Å²) in [5, 5.41) is 1.16. The van der Waals surface area contributed by atoms with Crippen molar-refractivity contribution in [3.63, 3.8) is 0 Å². The van der Waals surface area contributed by atoms with Gasteiger partial charge in [0, 0.05) is 24.0 Å². The minimum atomic E-state index is -0.110. The Morgan fingerprint density at radius 3 is 3.04 bits per heavy atom. The van der Waals surface area contributed by atoms with Crippen LogP contribution in [0, 0.1) is 0 Å². The highest BCUT2D eigenvalue weighted by Gasteiger charge is 2.28. The third-order valence-corrected chi connectivity index (χ3v) is 4.99. The number of likely N-dealkylation sites (tertiary alicyclic amines) is 1. The lowest BCUT2D eigenvalue weighted by atomic mass is 10.1. The van der Waals surface area contributed by atoms with E-state index in [9.17, 15) is 4.79 Å². The van der Waals surface area contributed by atoms with Gasteiger partial charge >= 0.3 is 0 Å². The van der Waals surface area contributed by atoms with Crippen LogP contribution in [0.4, 0.5) is 0 Å². The molecule has 3 heterocycles. The Morgan fingerprint density at radius 2 is 2.25 bits per heavy atom. The number of aromatic amines is 1. The SMILES string of the molecule is Cn1cccc1C1CCCN1Cc1nc2cc(Cl)ccc2c(=O)[nH]1. The van der Waals surface area contributed by atoms with E-state index in [0.29, 0.717) is 34.3 Å². The maximum atomic E-state index is 12.3. The van der Waals surface area contributed by atoms with Gasteiger partial charge < -0.3 is 9.55 Å². The van der Waals surface area contributed by atoms with Crippen molar-refractivity contribution in [1.82, 2.24) is 19.4 Å². The van der Waals surface area contributed by atoms with Crippen molar-refractivity contribution in [3.05, 3.63) is 63.4 Å². The number of benzene rings is 1. The second-order valence-electron chi connectivity index (χ2n) is 6.35. The van der Waals surface area contributed by atoms with E-state index in [0.717, 1.165) is 19.4 Å². The summed E-state index contributed by atoms with van der Waals surface area (Å²) >= 11 is 6.04. The van der Waals surface area contributed by atoms with Gasteiger partial charge in [-0.05, 0) is 49.7 Å². The fourth-order valence-corrected chi connectivity index (χ4v) is 3.77. The van der Waals surface area contributed by atoms with Crippen LogP contribution in [0.3, 0.4) is 0 Å². The standard InChI is InChI=1S/C18H19ClN4O/c1-22-8-2-4-15(22)16-5-3-9-23(16)11-17-20-14-10-12(19)6-7-13(14)18(24)21-17/h2,4,6-8,10,16H,3,5,9,11H2,1H3,(H,20,21,24). The topological polar surface area (TPSA) is 53.9 Å². The molecule has 3 aromatic rings. The summed E-state index contributed by atoms with van der Waals surface area (Å²) in [5.41, 5.74) is 1.84. The van der Waals surface area contributed by atoms with Crippen LogP contribution in [0.15, 0.2) is 41.3 Å². The maximum absolute atomic E-state index is 12.3. The highest BCUT2D eigenvalue weighted by Crippen LogP contribution is 2.32. The number of hydrogen-bond acceptors (Lipinski definition) is 3. The summed E-state index contributed by atoms with van der Waals surface area (Å²) in [7, 11) is 2.07. The highest BCUT2D eigenvalue weighted by atomic mass is 35.5. The first-order valence-corrected chi connectivity index (χ1v) is 8.53. The molecule has 1 saturated heterocycles. The summed E-state index contributed by atoms with van der Waals surface area (Å²) in [5.74, 6) is 0.691. The van der Waals surface area contributed by atoms with E-state index in [1.807, 2.05) is 0 Å². The average Bonchev–Trinajstić information content (AvgIpc) is 3.15. The van der Waals surface area contributed by atoms with E-state index >= 15 is 0 Å². The van der Waals surface area contributed by atoms with Crippen molar-refractivity contribution in [2.24, 2.45) is 7.05 Å². The van der Waals surface area contributed by atoms with Gasteiger partial charge in [-0.15, -0.1) is 0 Å². The molecule has 4 rings (SSSR count). The van der Waals surface area contributed by atoms with Gasteiger partial charge in [-0.3, -0.25) is 9.69 Å². The molecule has 2 aromatic heterocycles. The Morgan fingerprint density at radius 1 is 1.38 bits per heavy atom. The number of H-pyrrole nitrogens is 1. The third kappa shape index (κ3) is 2.74. The van der Waals surface area contributed by atoms with Crippen molar-refractivity contribution in [3.8, 4) is 0 Å². The molecule has 1 aliphatic heterocycles. The van der Waals surface area contributed by atoms with Crippen LogP contribution in [0.5, 0.6) is 0 Å². The number of fused-ring (bicyclic) bond motifs is 1. The lowest BCUT2D eigenvalue weighted by molar-refractivity contribution is 0.235. The zero-order chi connectivity index (χ0) is 16.7. The molecular weight excluding hydrogens is 324 g/mol. The summed E-state index contributed by atoms with van der Waals surface area (Å²) in [6.45, 7) is 1.64. The molecule has 0 aliphatic carbocycles. The lowest BCUT2D eigenvalue weighted by Gasteiger charge is -2.24. The molecule has 1 N–H and O–H groups in total. The first-order chi connectivity index (χ1) is 11.6. The molecule has 1 atom stereocenters. The molecule has 124 valence electrons. The number of aryl methyl sites for hydroxylation is 1. The fraction of sp³-hybridized carbons (Fsp3) is 0.333. The van der Waals surface area contributed by atoms with E-state index in [2.05, 4.69) is 44.8 Å². The average molecular weight is 343 g/mol. The second-order valence-corrected chi connectivity index (χ2v) is 6.78. The van der Waals surface area contributed by atoms with Gasteiger partial charge in [0.1, 0.15) is 5.82 Å². The number of nitrogens with zero attached hydrogens (tertiary/aromatic N) is 3.